The van der Waals surface area contributed by atoms with Gasteiger partial charge in [0, 0.05) is 18.5 Å². The Bertz CT molecular complexity index is 610. The quantitative estimate of drug-likeness (QED) is 0.524. The van der Waals surface area contributed by atoms with E-state index in [0.29, 0.717) is 6.42 Å². The zero-order valence-corrected chi connectivity index (χ0v) is 14.9. The van der Waals surface area contributed by atoms with E-state index in [1.54, 1.807) is 0 Å². The van der Waals surface area contributed by atoms with Crippen LogP contribution in [0, 0.1) is 0 Å². The molecular weight excluding hydrogens is 314 g/mol. The molecule has 0 bridgehead atoms. The maximum absolute atomic E-state index is 10.4. The molecule has 0 saturated heterocycles. The highest BCUT2D eigenvalue weighted by molar-refractivity contribution is 5.66. The number of carboxylic acid groups (broad SMARTS) is 1. The van der Waals surface area contributed by atoms with Gasteiger partial charge in [-0.2, -0.15) is 0 Å². The van der Waals surface area contributed by atoms with Gasteiger partial charge in [-0.3, -0.25) is 9.48 Å². The van der Waals surface area contributed by atoms with Crippen molar-refractivity contribution in [1.29, 1.82) is 0 Å². The Balaban J connectivity index is 1.47. The number of aryl methyl sites for hydroxylation is 1. The predicted molar refractivity (Wildman–Crippen MR) is 99.3 cm³/mol. The van der Waals surface area contributed by atoms with Crippen LogP contribution < -0.4 is 0 Å². The number of nitrogens with zero attached hydrogens (tertiary/aromatic N) is 3. The number of benzene rings is 1. The van der Waals surface area contributed by atoms with E-state index in [0.717, 1.165) is 43.5 Å². The van der Waals surface area contributed by atoms with E-state index >= 15 is 0 Å². The lowest BCUT2D eigenvalue weighted by Crippen LogP contribution is -1.98. The van der Waals surface area contributed by atoms with Crippen molar-refractivity contribution in [3.8, 4) is 11.3 Å². The molecule has 0 fully saturated rings. The fourth-order valence-corrected chi connectivity index (χ4v) is 2.94. The summed E-state index contributed by atoms with van der Waals surface area (Å²) < 4.78 is 1.94. The third-order valence-electron chi connectivity index (χ3n) is 4.39. The van der Waals surface area contributed by atoms with Crippen molar-refractivity contribution in [2.45, 2.75) is 70.8 Å². The maximum atomic E-state index is 10.4. The highest BCUT2D eigenvalue weighted by Crippen LogP contribution is 2.15. The van der Waals surface area contributed by atoms with Crippen LogP contribution in [0.15, 0.2) is 36.5 Å². The molecule has 0 amide bonds. The van der Waals surface area contributed by atoms with Crippen LogP contribution in [-0.4, -0.2) is 26.1 Å². The molecule has 136 valence electrons. The molecule has 0 unspecified atom stereocenters. The Kier molecular flexibility index (Phi) is 8.73. The van der Waals surface area contributed by atoms with Gasteiger partial charge in [-0.1, -0.05) is 80.5 Å². The molecule has 5 nitrogen and oxygen atoms in total. The molecule has 2 rings (SSSR count). The Morgan fingerprint density at radius 2 is 1.48 bits per heavy atom. The second-order valence-corrected chi connectivity index (χ2v) is 6.56. The monoisotopic (exact) mass is 343 g/mol. The lowest BCUT2D eigenvalue weighted by molar-refractivity contribution is -0.137. The van der Waals surface area contributed by atoms with Crippen molar-refractivity contribution in [2.75, 3.05) is 0 Å². The van der Waals surface area contributed by atoms with Crippen LogP contribution in [0.1, 0.15) is 64.2 Å². The average Bonchev–Trinajstić information content (AvgIpc) is 3.09. The van der Waals surface area contributed by atoms with Crippen LogP contribution in [0.2, 0.25) is 0 Å². The Hall–Kier alpha value is -2.17. The van der Waals surface area contributed by atoms with Gasteiger partial charge in [0.25, 0.3) is 0 Å². The minimum absolute atomic E-state index is 0.314. The summed E-state index contributed by atoms with van der Waals surface area (Å²) in [4.78, 5) is 10.4. The molecule has 0 aliphatic rings. The first-order valence-corrected chi connectivity index (χ1v) is 9.43. The van der Waals surface area contributed by atoms with Gasteiger partial charge in [0.15, 0.2) is 0 Å². The van der Waals surface area contributed by atoms with Crippen LogP contribution in [0.4, 0.5) is 0 Å². The third kappa shape index (κ3) is 7.96. The van der Waals surface area contributed by atoms with Crippen LogP contribution in [0.25, 0.3) is 11.3 Å². The highest BCUT2D eigenvalue weighted by Gasteiger charge is 2.02. The molecule has 5 heteroatoms. The van der Waals surface area contributed by atoms with E-state index in [4.69, 9.17) is 5.11 Å². The van der Waals surface area contributed by atoms with Crippen molar-refractivity contribution < 1.29 is 9.90 Å². The lowest BCUT2D eigenvalue weighted by Gasteiger charge is -2.02. The SMILES string of the molecule is O=C(O)CCCCCCCCCCCn1cc(-c2ccccc2)nn1. The van der Waals surface area contributed by atoms with E-state index in [1.165, 1.54) is 32.1 Å². The van der Waals surface area contributed by atoms with Gasteiger partial charge in [-0.15, -0.1) is 5.10 Å². The fourth-order valence-electron chi connectivity index (χ4n) is 2.94. The van der Waals surface area contributed by atoms with E-state index in [1.807, 2.05) is 29.1 Å². The summed E-state index contributed by atoms with van der Waals surface area (Å²) in [7, 11) is 0. The van der Waals surface area contributed by atoms with Crippen LogP contribution >= 0.6 is 0 Å². The normalized spacial score (nSPS) is 10.9. The van der Waals surface area contributed by atoms with Crippen LogP contribution in [0.5, 0.6) is 0 Å². The molecular formula is C20H29N3O2. The molecule has 0 atom stereocenters. The van der Waals surface area contributed by atoms with Crippen LogP contribution in [0.3, 0.4) is 0 Å². The number of unbranched alkanes of at least 4 members (excludes halogenated alkanes) is 8. The number of hydrogen-bond acceptors (Lipinski definition) is 3. The Labute approximate surface area is 150 Å². The number of aliphatic carboxylic acids is 1. The summed E-state index contributed by atoms with van der Waals surface area (Å²) in [6.45, 7) is 0.926. The summed E-state index contributed by atoms with van der Waals surface area (Å²) in [5.74, 6) is -0.678. The first-order valence-electron chi connectivity index (χ1n) is 9.43. The van der Waals surface area contributed by atoms with Crippen molar-refractivity contribution in [1.82, 2.24) is 15.0 Å². The molecule has 0 radical (unpaired) electrons. The van der Waals surface area contributed by atoms with E-state index in [9.17, 15) is 4.79 Å². The summed E-state index contributed by atoms with van der Waals surface area (Å²) >= 11 is 0. The van der Waals surface area contributed by atoms with Gasteiger partial charge in [0.05, 0.1) is 6.20 Å². The predicted octanol–water partition coefficient (Wildman–Crippen LogP) is 4.93. The second kappa shape index (κ2) is 11.4. The summed E-state index contributed by atoms with van der Waals surface area (Å²) in [5, 5.41) is 17.0. The van der Waals surface area contributed by atoms with Gasteiger partial charge < -0.3 is 5.11 Å². The number of rotatable bonds is 13. The smallest absolute Gasteiger partial charge is 0.303 e. The molecule has 1 aromatic heterocycles. The molecule has 0 spiro atoms. The van der Waals surface area contributed by atoms with Crippen molar-refractivity contribution >= 4 is 5.97 Å². The molecule has 1 heterocycles. The van der Waals surface area contributed by atoms with Gasteiger partial charge >= 0.3 is 5.97 Å². The second-order valence-electron chi connectivity index (χ2n) is 6.56. The highest BCUT2D eigenvalue weighted by atomic mass is 16.4. The summed E-state index contributed by atoms with van der Waals surface area (Å²) in [6, 6.07) is 10.1. The van der Waals surface area contributed by atoms with Gasteiger partial charge in [-0.05, 0) is 12.8 Å². The number of aromatic nitrogens is 3. The topological polar surface area (TPSA) is 68.0 Å². The number of carboxylic acids is 1. The standard InChI is InChI=1S/C20H29N3O2/c24-20(25)15-11-6-4-2-1-3-5-7-12-16-23-17-19(21-22-23)18-13-9-8-10-14-18/h8-10,13-14,17H,1-7,11-12,15-16H2,(H,24,25). The molecule has 0 aliphatic carbocycles. The minimum Gasteiger partial charge on any atom is -0.481 e. The Morgan fingerprint density at radius 3 is 2.12 bits per heavy atom. The lowest BCUT2D eigenvalue weighted by atomic mass is 10.1. The first kappa shape index (κ1) is 19.2. The largest absolute Gasteiger partial charge is 0.481 e. The maximum Gasteiger partial charge on any atom is 0.303 e. The van der Waals surface area contributed by atoms with E-state index in [-0.39, 0.29) is 0 Å². The molecule has 1 N–H and O–H groups in total. The van der Waals surface area contributed by atoms with Crippen molar-refractivity contribution in [3.63, 3.8) is 0 Å². The zero-order valence-electron chi connectivity index (χ0n) is 14.9. The van der Waals surface area contributed by atoms with Gasteiger partial charge in [0.2, 0.25) is 0 Å². The van der Waals surface area contributed by atoms with Crippen molar-refractivity contribution in [3.05, 3.63) is 36.5 Å². The third-order valence-corrected chi connectivity index (χ3v) is 4.39. The van der Waals surface area contributed by atoms with Crippen LogP contribution in [-0.2, 0) is 11.3 Å². The minimum atomic E-state index is -0.678. The van der Waals surface area contributed by atoms with Gasteiger partial charge in [0.1, 0.15) is 5.69 Å². The molecule has 1 aromatic carbocycles. The number of hydrogen-bond donors (Lipinski definition) is 1. The molecule has 2 aromatic rings. The molecule has 0 saturated carbocycles. The van der Waals surface area contributed by atoms with Gasteiger partial charge in [-0.25, -0.2) is 0 Å². The Morgan fingerprint density at radius 1 is 0.880 bits per heavy atom. The molecule has 0 aliphatic heterocycles. The van der Waals surface area contributed by atoms with E-state index in [2.05, 4.69) is 22.4 Å². The summed E-state index contributed by atoms with van der Waals surface area (Å²) in [6.07, 6.45) is 12.7. The zero-order chi connectivity index (χ0) is 17.7. The van der Waals surface area contributed by atoms with Crippen molar-refractivity contribution in [2.24, 2.45) is 0 Å². The summed E-state index contributed by atoms with van der Waals surface area (Å²) in [5.41, 5.74) is 2.04. The average molecular weight is 343 g/mol. The van der Waals surface area contributed by atoms with E-state index < -0.39 is 5.97 Å². The first-order chi connectivity index (χ1) is 12.3. The fraction of sp³-hybridized carbons (Fsp3) is 0.550. The number of carbonyl (C=O) groups is 1. The molecule has 25 heavy (non-hydrogen) atoms.